The number of ether oxygens (including phenoxy) is 2. The Morgan fingerprint density at radius 2 is 0.700 bits per heavy atom. The minimum absolute atomic E-state index is 0. The van der Waals surface area contributed by atoms with Gasteiger partial charge in [-0.15, -0.1) is 0 Å². The molecule has 0 N–H and O–H groups in total. The number of benzene rings is 6. The summed E-state index contributed by atoms with van der Waals surface area (Å²) in [5.74, 6) is 1.27. The van der Waals surface area contributed by atoms with Gasteiger partial charge in [0.15, 0.2) is 24.0 Å². The van der Waals surface area contributed by atoms with Crippen LogP contribution < -0.4 is 34.0 Å². The van der Waals surface area contributed by atoms with Crippen molar-refractivity contribution in [3.8, 4) is 22.3 Å². The van der Waals surface area contributed by atoms with Gasteiger partial charge in [0.2, 0.25) is 0 Å². The van der Waals surface area contributed by atoms with E-state index in [9.17, 15) is 0 Å². The first-order chi connectivity index (χ1) is 23.3. The first-order valence-electron chi connectivity index (χ1n) is 16.2. The molecule has 6 aromatic rings. The first kappa shape index (κ1) is 37.0. The predicted octanol–water partition coefficient (Wildman–Crippen LogP) is 4.54. The Hall–Kier alpha value is -4.29. The van der Waals surface area contributed by atoms with Crippen molar-refractivity contribution < 1.29 is 59.9 Å². The average Bonchev–Trinajstić information content (AvgIpc) is 3.78. The van der Waals surface area contributed by atoms with Crippen molar-refractivity contribution >= 4 is 11.8 Å². The number of halogens is 2. The Morgan fingerprint density at radius 3 is 1.08 bits per heavy atom. The third kappa shape index (κ3) is 8.02. The third-order valence-electron chi connectivity index (χ3n) is 8.89. The van der Waals surface area contributed by atoms with E-state index in [0.717, 1.165) is 33.4 Å². The molecule has 4 nitrogen and oxygen atoms in total. The van der Waals surface area contributed by atoms with Gasteiger partial charge >= 0.3 is 16.5 Å². The van der Waals surface area contributed by atoms with Crippen LogP contribution in [0, 0.1) is 0 Å². The molecule has 50 heavy (non-hydrogen) atoms. The van der Waals surface area contributed by atoms with Gasteiger partial charge in [0.1, 0.15) is 12.1 Å². The van der Waals surface area contributed by atoms with Crippen molar-refractivity contribution in [2.45, 2.75) is 30.7 Å². The van der Waals surface area contributed by atoms with Gasteiger partial charge in [-0.3, -0.25) is 0 Å². The van der Waals surface area contributed by atoms with Gasteiger partial charge in [-0.25, -0.2) is 9.98 Å². The van der Waals surface area contributed by atoms with Gasteiger partial charge in [-0.1, -0.05) is 158 Å². The van der Waals surface area contributed by atoms with Crippen LogP contribution in [0.3, 0.4) is 0 Å². The van der Waals surface area contributed by atoms with Crippen LogP contribution in [-0.4, -0.2) is 11.8 Å². The summed E-state index contributed by atoms with van der Waals surface area (Å²) in [6, 6.07) is 58.5. The Labute approximate surface area is 324 Å². The number of hydrogen-bond acceptors (Lipinski definition) is 4. The van der Waals surface area contributed by atoms with E-state index in [2.05, 4.69) is 146 Å². The molecule has 0 radical (unpaired) electrons. The first-order valence-corrected chi connectivity index (χ1v) is 16.2. The van der Waals surface area contributed by atoms with Crippen molar-refractivity contribution in [2.75, 3.05) is 0 Å². The van der Waals surface area contributed by atoms with E-state index in [1.807, 2.05) is 24.3 Å². The van der Waals surface area contributed by atoms with E-state index in [-0.39, 0.29) is 74.7 Å². The van der Waals surface area contributed by atoms with Crippen molar-refractivity contribution in [1.82, 2.24) is 0 Å². The van der Waals surface area contributed by atoms with E-state index in [1.165, 1.54) is 11.1 Å². The smallest absolute Gasteiger partial charge is 1.00 e. The number of hydrogen-bond donors (Lipinski definition) is 0. The maximum Gasteiger partial charge on any atom is 2.00 e. The summed E-state index contributed by atoms with van der Waals surface area (Å²) in [6.07, 6.45) is -0.110. The zero-order valence-corrected chi connectivity index (χ0v) is 31.1. The second-order valence-electron chi connectivity index (χ2n) is 12.0. The molecular weight excluding hydrogens is 795 g/mol. The van der Waals surface area contributed by atoms with E-state index < -0.39 is 0 Å². The van der Waals surface area contributed by atoms with Crippen molar-refractivity contribution in [2.24, 2.45) is 9.98 Å². The molecule has 0 aliphatic carbocycles. The van der Waals surface area contributed by atoms with Gasteiger partial charge in [0.05, 0.1) is 6.42 Å². The van der Waals surface area contributed by atoms with Crippen LogP contribution in [0.4, 0.5) is 0 Å². The van der Waals surface area contributed by atoms with E-state index in [1.54, 1.807) is 0 Å². The quantitative estimate of drug-likeness (QED) is 0.212. The summed E-state index contributed by atoms with van der Waals surface area (Å²) in [5.41, 5.74) is 9.08. The molecule has 0 amide bonds. The van der Waals surface area contributed by atoms with Crippen LogP contribution in [0.1, 0.15) is 53.0 Å². The van der Waals surface area contributed by atoms with Gasteiger partial charge in [-0.05, 0) is 56.6 Å². The number of nitrogens with zero attached hydrogens (tertiary/aromatic N) is 2. The van der Waals surface area contributed by atoms with E-state index in [0.29, 0.717) is 18.2 Å². The standard InChI is InChI=1S/C43H34N2O2.2BrH.Ni/c1-5-15-30(16-6-1)34-23-13-25-36(27-34)40-42(32-19-9-3-10-20-32)46-38(44-40)29-39-45-41(43(47-39)33-21-11-4-12-22-33)37-26-14-24-35(28-37)31-17-7-2-8-18-31;;;/h1-28,40-43H,29H2;2*1H;/q;;;+2/p-2/t40-,41-,42?,43?;;;/m1.../s1. The zero-order chi connectivity index (χ0) is 31.4. The second-order valence-corrected chi connectivity index (χ2v) is 12.0. The molecule has 0 saturated carbocycles. The van der Waals surface area contributed by atoms with Crippen LogP contribution in [-0.2, 0) is 26.0 Å². The van der Waals surface area contributed by atoms with Crippen LogP contribution in [0.15, 0.2) is 180 Å². The maximum atomic E-state index is 6.67. The summed E-state index contributed by atoms with van der Waals surface area (Å²) in [5, 5.41) is 0. The minimum Gasteiger partial charge on any atom is -1.00 e. The molecule has 0 fully saturated rings. The Kier molecular flexibility index (Phi) is 12.6. The van der Waals surface area contributed by atoms with Crippen LogP contribution in [0.5, 0.6) is 0 Å². The number of aliphatic imine (C=N–C) groups is 2. The molecule has 0 spiro atoms. The summed E-state index contributed by atoms with van der Waals surface area (Å²) in [4.78, 5) is 10.4. The fourth-order valence-electron chi connectivity index (χ4n) is 6.58. The Bertz CT molecular complexity index is 1900. The predicted molar refractivity (Wildman–Crippen MR) is 189 cm³/mol. The van der Waals surface area contributed by atoms with Crippen LogP contribution in [0.25, 0.3) is 22.3 Å². The monoisotopic (exact) mass is 826 g/mol. The second kappa shape index (κ2) is 17.1. The van der Waals surface area contributed by atoms with Crippen molar-refractivity contribution in [3.63, 3.8) is 0 Å². The summed E-state index contributed by atoms with van der Waals surface area (Å²) in [6.45, 7) is 0. The third-order valence-corrected chi connectivity index (χ3v) is 8.89. The molecule has 0 aromatic heterocycles. The maximum absolute atomic E-state index is 6.67. The molecule has 8 rings (SSSR count). The largest absolute Gasteiger partial charge is 2.00 e. The fraction of sp³-hybridized carbons (Fsp3) is 0.116. The van der Waals surface area contributed by atoms with Gasteiger partial charge in [-0.2, -0.15) is 0 Å². The topological polar surface area (TPSA) is 43.2 Å². The summed E-state index contributed by atoms with van der Waals surface area (Å²) in [7, 11) is 0. The summed E-state index contributed by atoms with van der Waals surface area (Å²) < 4.78 is 13.3. The molecule has 2 aliphatic rings. The molecule has 2 heterocycles. The molecule has 6 aromatic carbocycles. The van der Waals surface area contributed by atoms with Crippen LogP contribution >= 0.6 is 0 Å². The molecule has 4 atom stereocenters. The molecule has 0 bridgehead atoms. The van der Waals surface area contributed by atoms with Gasteiger partial charge in [0, 0.05) is 0 Å². The van der Waals surface area contributed by atoms with Crippen molar-refractivity contribution in [3.05, 3.63) is 192 Å². The van der Waals surface area contributed by atoms with Gasteiger partial charge in [0.25, 0.3) is 0 Å². The Balaban J connectivity index is 0.00000162. The van der Waals surface area contributed by atoms with Crippen LogP contribution in [0.2, 0.25) is 0 Å². The Morgan fingerprint density at radius 1 is 0.380 bits per heavy atom. The molecule has 252 valence electrons. The van der Waals surface area contributed by atoms with E-state index in [4.69, 9.17) is 19.5 Å². The summed E-state index contributed by atoms with van der Waals surface area (Å²) >= 11 is 0. The molecule has 2 unspecified atom stereocenters. The number of rotatable bonds is 8. The van der Waals surface area contributed by atoms with E-state index >= 15 is 0 Å². The molecule has 7 heteroatoms. The van der Waals surface area contributed by atoms with Crippen molar-refractivity contribution in [1.29, 1.82) is 0 Å². The normalized spacial score (nSPS) is 19.0. The molecule has 0 saturated heterocycles. The fourth-order valence-corrected chi connectivity index (χ4v) is 6.58. The zero-order valence-electron chi connectivity index (χ0n) is 27.0. The molecule has 2 aliphatic heterocycles. The minimum atomic E-state index is -0.248. The molecular formula is C43H34Br2N2NiO2. The SMILES string of the molecule is [Br-].[Br-].[Ni+2].c1ccc(-c2cccc([C@H]3N=C(CC4=N[C@H](c5cccc(-c6ccccc6)c5)C(c5ccccc5)O4)OC3c3ccccc3)c2)cc1. The van der Waals surface area contributed by atoms with Gasteiger partial charge < -0.3 is 43.4 Å². The average molecular weight is 829 g/mol.